The summed E-state index contributed by atoms with van der Waals surface area (Å²) in [6, 6.07) is 0. The fourth-order valence-electron chi connectivity index (χ4n) is 2.70. The normalized spacial score (nSPS) is 16.3. The van der Waals surface area contributed by atoms with Crippen molar-refractivity contribution >= 4 is 17.7 Å². The van der Waals surface area contributed by atoms with Gasteiger partial charge in [-0.05, 0) is 36.2 Å². The number of anilines is 1. The zero-order chi connectivity index (χ0) is 17.3. The molecular formula is C12H16N8O4. The molecule has 128 valence electrons. The van der Waals surface area contributed by atoms with Crippen LogP contribution in [0.4, 0.5) is 5.82 Å². The van der Waals surface area contributed by atoms with Crippen LogP contribution in [-0.4, -0.2) is 60.3 Å². The first-order valence-corrected chi connectivity index (χ1v) is 7.25. The van der Waals surface area contributed by atoms with Gasteiger partial charge in [-0.2, -0.15) is 4.68 Å². The van der Waals surface area contributed by atoms with Gasteiger partial charge >= 0.3 is 5.97 Å². The zero-order valence-corrected chi connectivity index (χ0v) is 12.6. The first-order chi connectivity index (χ1) is 11.5. The summed E-state index contributed by atoms with van der Waals surface area (Å²) in [5, 5.41) is 23.8. The second kappa shape index (κ2) is 6.23. The summed E-state index contributed by atoms with van der Waals surface area (Å²) < 4.78 is 5.73. The van der Waals surface area contributed by atoms with Crippen LogP contribution in [-0.2, 0) is 11.3 Å². The number of primary amides is 1. The SMILES string of the molecule is NC(=O)C1CCN(Cc2c(C(=O)O)nnn2-c2nonc2N)CC1. The van der Waals surface area contributed by atoms with Crippen LogP contribution in [0, 0.1) is 5.92 Å². The summed E-state index contributed by atoms with van der Waals surface area (Å²) in [7, 11) is 0. The second-order valence-corrected chi connectivity index (χ2v) is 5.53. The molecule has 0 radical (unpaired) electrons. The lowest BCUT2D eigenvalue weighted by atomic mass is 9.96. The van der Waals surface area contributed by atoms with Gasteiger partial charge in [0, 0.05) is 12.5 Å². The van der Waals surface area contributed by atoms with E-state index in [4.69, 9.17) is 11.5 Å². The summed E-state index contributed by atoms with van der Waals surface area (Å²) in [6.07, 6.45) is 1.24. The Morgan fingerprint density at radius 2 is 2.00 bits per heavy atom. The highest BCUT2D eigenvalue weighted by Crippen LogP contribution is 2.21. The van der Waals surface area contributed by atoms with Crippen LogP contribution in [0.15, 0.2) is 4.63 Å². The molecule has 0 unspecified atom stereocenters. The molecule has 0 bridgehead atoms. The lowest BCUT2D eigenvalue weighted by Gasteiger charge is -2.30. The molecule has 1 amide bonds. The lowest BCUT2D eigenvalue weighted by molar-refractivity contribution is -0.123. The Morgan fingerprint density at radius 3 is 2.54 bits per heavy atom. The number of carboxylic acid groups (broad SMARTS) is 1. The summed E-state index contributed by atoms with van der Waals surface area (Å²) in [5.41, 5.74) is 11.1. The number of hydrogen-bond acceptors (Lipinski definition) is 9. The van der Waals surface area contributed by atoms with Gasteiger partial charge in [0.25, 0.3) is 0 Å². The molecular weight excluding hydrogens is 320 g/mol. The van der Waals surface area contributed by atoms with Gasteiger partial charge in [-0.3, -0.25) is 9.69 Å². The minimum Gasteiger partial charge on any atom is -0.476 e. The van der Waals surface area contributed by atoms with Crippen LogP contribution in [0.25, 0.3) is 5.82 Å². The summed E-state index contributed by atoms with van der Waals surface area (Å²) in [5.74, 6) is -1.62. The molecule has 1 aliphatic rings. The molecule has 3 heterocycles. The van der Waals surface area contributed by atoms with E-state index in [1.165, 1.54) is 4.68 Å². The van der Waals surface area contributed by atoms with Crippen molar-refractivity contribution in [2.45, 2.75) is 19.4 Å². The van der Waals surface area contributed by atoms with Crippen molar-refractivity contribution in [1.29, 1.82) is 0 Å². The monoisotopic (exact) mass is 336 g/mol. The third-order valence-corrected chi connectivity index (χ3v) is 4.03. The molecule has 0 atom stereocenters. The molecule has 1 saturated heterocycles. The number of aromatic carboxylic acids is 1. The van der Waals surface area contributed by atoms with Gasteiger partial charge in [-0.1, -0.05) is 5.21 Å². The Morgan fingerprint density at radius 1 is 1.29 bits per heavy atom. The fraction of sp³-hybridized carbons (Fsp3) is 0.500. The maximum Gasteiger partial charge on any atom is 0.358 e. The molecule has 12 nitrogen and oxygen atoms in total. The maximum atomic E-state index is 11.4. The van der Waals surface area contributed by atoms with Gasteiger partial charge in [-0.25, -0.2) is 9.42 Å². The first-order valence-electron chi connectivity index (χ1n) is 7.25. The molecule has 0 aliphatic carbocycles. The molecule has 0 saturated carbocycles. The molecule has 2 aromatic rings. The first kappa shape index (κ1) is 15.9. The number of aromatic nitrogens is 5. The van der Waals surface area contributed by atoms with E-state index in [2.05, 4.69) is 25.3 Å². The van der Waals surface area contributed by atoms with E-state index in [0.717, 1.165) is 0 Å². The van der Waals surface area contributed by atoms with Crippen LogP contribution in [0.5, 0.6) is 0 Å². The smallest absolute Gasteiger partial charge is 0.358 e. The van der Waals surface area contributed by atoms with Crippen molar-refractivity contribution < 1.29 is 19.3 Å². The molecule has 3 rings (SSSR count). The van der Waals surface area contributed by atoms with Gasteiger partial charge in [0.15, 0.2) is 5.69 Å². The Hall–Kier alpha value is -3.02. The van der Waals surface area contributed by atoms with Crippen molar-refractivity contribution in [2.24, 2.45) is 11.7 Å². The summed E-state index contributed by atoms with van der Waals surface area (Å²) in [6.45, 7) is 1.46. The van der Waals surface area contributed by atoms with E-state index in [1.807, 2.05) is 4.90 Å². The minimum atomic E-state index is -1.21. The maximum absolute atomic E-state index is 11.4. The Labute approximate surface area is 135 Å². The van der Waals surface area contributed by atoms with Crippen molar-refractivity contribution in [1.82, 2.24) is 30.2 Å². The number of nitrogens with zero attached hydrogens (tertiary/aromatic N) is 6. The van der Waals surface area contributed by atoms with E-state index < -0.39 is 5.97 Å². The molecule has 2 aromatic heterocycles. The topological polar surface area (TPSA) is 179 Å². The van der Waals surface area contributed by atoms with Gasteiger partial charge in [0.2, 0.25) is 17.5 Å². The highest BCUT2D eigenvalue weighted by atomic mass is 16.6. The third-order valence-electron chi connectivity index (χ3n) is 4.03. The average molecular weight is 336 g/mol. The number of hydrogen-bond donors (Lipinski definition) is 3. The van der Waals surface area contributed by atoms with E-state index in [9.17, 15) is 14.7 Å². The lowest BCUT2D eigenvalue weighted by Crippen LogP contribution is -2.38. The van der Waals surface area contributed by atoms with E-state index in [1.54, 1.807) is 0 Å². The van der Waals surface area contributed by atoms with Crippen molar-refractivity contribution in [3.05, 3.63) is 11.4 Å². The molecule has 24 heavy (non-hydrogen) atoms. The van der Waals surface area contributed by atoms with Crippen LogP contribution in [0.3, 0.4) is 0 Å². The van der Waals surface area contributed by atoms with Crippen LogP contribution < -0.4 is 11.5 Å². The number of likely N-dealkylation sites (tertiary alicyclic amines) is 1. The Balaban J connectivity index is 1.84. The van der Waals surface area contributed by atoms with Crippen LogP contribution in [0.1, 0.15) is 29.0 Å². The number of nitrogen functional groups attached to an aromatic ring is 1. The van der Waals surface area contributed by atoms with Crippen molar-refractivity contribution in [3.63, 3.8) is 0 Å². The van der Waals surface area contributed by atoms with Gasteiger partial charge in [0.05, 0.1) is 5.69 Å². The van der Waals surface area contributed by atoms with E-state index in [-0.39, 0.29) is 35.7 Å². The number of carbonyl (C=O) groups is 2. The Kier molecular flexibility index (Phi) is 4.12. The molecule has 1 fully saturated rings. The number of carbonyl (C=O) groups excluding carboxylic acids is 1. The van der Waals surface area contributed by atoms with Crippen LogP contribution in [0.2, 0.25) is 0 Å². The largest absolute Gasteiger partial charge is 0.476 e. The Bertz CT molecular complexity index is 761. The fourth-order valence-corrected chi connectivity index (χ4v) is 2.70. The predicted molar refractivity (Wildman–Crippen MR) is 77.8 cm³/mol. The second-order valence-electron chi connectivity index (χ2n) is 5.53. The average Bonchev–Trinajstić information content (AvgIpc) is 3.13. The highest BCUT2D eigenvalue weighted by Gasteiger charge is 2.28. The number of carboxylic acids is 1. The number of piperidine rings is 1. The third kappa shape index (κ3) is 2.90. The predicted octanol–water partition coefficient (Wildman–Crippen LogP) is -1.37. The summed E-state index contributed by atoms with van der Waals surface area (Å²) in [4.78, 5) is 24.6. The van der Waals surface area contributed by atoms with Gasteiger partial charge in [0.1, 0.15) is 0 Å². The van der Waals surface area contributed by atoms with Gasteiger partial charge in [-0.15, -0.1) is 5.10 Å². The van der Waals surface area contributed by atoms with Crippen molar-refractivity contribution in [3.8, 4) is 5.82 Å². The van der Waals surface area contributed by atoms with E-state index in [0.29, 0.717) is 31.6 Å². The zero-order valence-electron chi connectivity index (χ0n) is 12.6. The van der Waals surface area contributed by atoms with Crippen LogP contribution >= 0.6 is 0 Å². The number of nitrogens with two attached hydrogens (primary N) is 2. The van der Waals surface area contributed by atoms with E-state index >= 15 is 0 Å². The molecule has 0 aromatic carbocycles. The number of rotatable bonds is 5. The molecule has 12 heteroatoms. The standard InChI is InChI=1S/C12H16N8O4/c13-9-11(17-24-16-9)20-7(8(12(22)23)15-18-20)5-19-3-1-6(2-4-19)10(14)21/h6H,1-5H2,(H2,13,16)(H2,14,21)(H,22,23). The quantitative estimate of drug-likeness (QED) is 0.589. The molecule has 0 spiro atoms. The molecule has 5 N–H and O–H groups in total. The minimum absolute atomic E-state index is 0.0227. The number of amides is 1. The van der Waals surface area contributed by atoms with Crippen molar-refractivity contribution in [2.75, 3.05) is 18.8 Å². The molecule has 1 aliphatic heterocycles. The van der Waals surface area contributed by atoms with Gasteiger partial charge < -0.3 is 16.6 Å². The summed E-state index contributed by atoms with van der Waals surface area (Å²) >= 11 is 0. The highest BCUT2D eigenvalue weighted by molar-refractivity contribution is 5.86.